The third kappa shape index (κ3) is 3.77. The van der Waals surface area contributed by atoms with Crippen LogP contribution in [0.3, 0.4) is 0 Å². The zero-order chi connectivity index (χ0) is 12.8. The lowest BCUT2D eigenvalue weighted by molar-refractivity contribution is -0.119. The average molecular weight is 349 g/mol. The normalized spacial score (nSPS) is 10.5. The van der Waals surface area contributed by atoms with E-state index < -0.39 is 5.91 Å². The van der Waals surface area contributed by atoms with Crippen LogP contribution in [0.2, 0.25) is 0 Å². The Kier molecular flexibility index (Phi) is 5.01. The molecule has 0 unspecified atom stereocenters. The summed E-state index contributed by atoms with van der Waals surface area (Å²) in [6.45, 7) is -0.198. The molecule has 0 spiro atoms. The molecule has 1 amide bonds. The van der Waals surface area contributed by atoms with Crippen molar-refractivity contribution in [2.45, 2.75) is 0 Å². The Morgan fingerprint density at radius 3 is 2.82 bits per heavy atom. The summed E-state index contributed by atoms with van der Waals surface area (Å²) in [5.41, 5.74) is 5.79. The molecule has 1 aromatic rings. The number of nitrogens with zero attached hydrogens (tertiary/aromatic N) is 1. The number of carbonyl (C=O) groups is 1. The number of hydrogen-bond acceptors (Lipinski definition) is 5. The van der Waals surface area contributed by atoms with Crippen LogP contribution < -0.4 is 21.1 Å². The van der Waals surface area contributed by atoms with Gasteiger partial charge in [-0.3, -0.25) is 4.79 Å². The van der Waals surface area contributed by atoms with Gasteiger partial charge in [0.1, 0.15) is 0 Å². The van der Waals surface area contributed by atoms with Crippen LogP contribution in [0.5, 0.6) is 11.5 Å². The Labute approximate surface area is 112 Å². The SMILES string of the molecule is COc1cc(C=NN)cc(I)c1OCC(N)=O. The van der Waals surface area contributed by atoms with Crippen molar-refractivity contribution in [3.63, 3.8) is 0 Å². The lowest BCUT2D eigenvalue weighted by Crippen LogP contribution is -2.20. The highest BCUT2D eigenvalue weighted by Crippen LogP contribution is 2.33. The molecule has 0 saturated heterocycles. The zero-order valence-corrected chi connectivity index (χ0v) is 11.3. The maximum atomic E-state index is 10.7. The molecule has 0 aromatic heterocycles. The first kappa shape index (κ1) is 13.6. The molecule has 0 aliphatic carbocycles. The fourth-order valence-corrected chi connectivity index (χ4v) is 1.96. The highest BCUT2D eigenvalue weighted by molar-refractivity contribution is 14.1. The molecule has 6 nitrogen and oxygen atoms in total. The molecule has 1 rings (SSSR count). The summed E-state index contributed by atoms with van der Waals surface area (Å²) in [6.07, 6.45) is 1.49. The Balaban J connectivity index is 3.07. The maximum absolute atomic E-state index is 10.7. The second kappa shape index (κ2) is 6.28. The smallest absolute Gasteiger partial charge is 0.255 e. The zero-order valence-electron chi connectivity index (χ0n) is 9.14. The molecule has 0 heterocycles. The number of carbonyl (C=O) groups excluding carboxylic acids is 1. The predicted molar refractivity (Wildman–Crippen MR) is 72.2 cm³/mol. The van der Waals surface area contributed by atoms with Gasteiger partial charge in [-0.2, -0.15) is 5.10 Å². The Morgan fingerprint density at radius 2 is 2.29 bits per heavy atom. The monoisotopic (exact) mass is 349 g/mol. The molecule has 7 heteroatoms. The van der Waals surface area contributed by atoms with Gasteiger partial charge in [0.05, 0.1) is 16.9 Å². The van der Waals surface area contributed by atoms with Crippen molar-refractivity contribution in [3.05, 3.63) is 21.3 Å². The number of methoxy groups -OCH3 is 1. The minimum atomic E-state index is -0.546. The van der Waals surface area contributed by atoms with Crippen LogP contribution in [0.25, 0.3) is 0 Å². The van der Waals surface area contributed by atoms with Gasteiger partial charge in [0.2, 0.25) is 0 Å². The van der Waals surface area contributed by atoms with Gasteiger partial charge in [-0.1, -0.05) is 0 Å². The van der Waals surface area contributed by atoms with Crippen molar-refractivity contribution in [3.8, 4) is 11.5 Å². The molecule has 0 aliphatic rings. The first-order valence-corrected chi connectivity index (χ1v) is 5.68. The fourth-order valence-electron chi connectivity index (χ4n) is 1.18. The molecule has 0 saturated carbocycles. The Bertz CT molecular complexity index is 449. The largest absolute Gasteiger partial charge is 0.493 e. The van der Waals surface area contributed by atoms with E-state index in [4.69, 9.17) is 21.1 Å². The van der Waals surface area contributed by atoms with Crippen LogP contribution in [0.4, 0.5) is 0 Å². The van der Waals surface area contributed by atoms with Crippen molar-refractivity contribution < 1.29 is 14.3 Å². The summed E-state index contributed by atoms with van der Waals surface area (Å²) >= 11 is 2.06. The average Bonchev–Trinajstić information content (AvgIpc) is 2.27. The van der Waals surface area contributed by atoms with E-state index in [0.29, 0.717) is 11.5 Å². The molecule has 0 atom stereocenters. The molecule has 4 N–H and O–H groups in total. The lowest BCUT2D eigenvalue weighted by atomic mass is 10.2. The highest BCUT2D eigenvalue weighted by Gasteiger charge is 2.11. The van der Waals surface area contributed by atoms with E-state index in [2.05, 4.69) is 27.7 Å². The molecular formula is C10H12IN3O3. The predicted octanol–water partition coefficient (Wildman–Crippen LogP) is 0.457. The maximum Gasteiger partial charge on any atom is 0.255 e. The molecule has 0 fully saturated rings. The van der Waals surface area contributed by atoms with Crippen LogP contribution in [0, 0.1) is 3.57 Å². The van der Waals surface area contributed by atoms with Crippen molar-refractivity contribution >= 4 is 34.7 Å². The van der Waals surface area contributed by atoms with Crippen molar-refractivity contribution in [2.24, 2.45) is 16.7 Å². The second-order valence-electron chi connectivity index (χ2n) is 3.07. The number of primary amides is 1. The number of ether oxygens (including phenoxy) is 2. The molecule has 92 valence electrons. The summed E-state index contributed by atoms with van der Waals surface area (Å²) in [5, 5.41) is 3.43. The Morgan fingerprint density at radius 1 is 1.59 bits per heavy atom. The second-order valence-corrected chi connectivity index (χ2v) is 4.23. The van der Waals surface area contributed by atoms with Crippen molar-refractivity contribution in [1.29, 1.82) is 0 Å². The van der Waals surface area contributed by atoms with Crippen LogP contribution in [0.1, 0.15) is 5.56 Å². The molecule has 17 heavy (non-hydrogen) atoms. The number of hydrogen-bond donors (Lipinski definition) is 2. The summed E-state index contributed by atoms with van der Waals surface area (Å²) in [5.74, 6) is 5.49. The van der Waals surface area contributed by atoms with E-state index in [0.717, 1.165) is 9.13 Å². The highest BCUT2D eigenvalue weighted by atomic mass is 127. The topological polar surface area (TPSA) is 99.9 Å². The van der Waals surface area contributed by atoms with Gasteiger partial charge >= 0.3 is 0 Å². The van der Waals surface area contributed by atoms with E-state index in [-0.39, 0.29) is 6.61 Å². The minimum Gasteiger partial charge on any atom is -0.493 e. The van der Waals surface area contributed by atoms with E-state index in [1.54, 1.807) is 12.1 Å². The third-order valence-corrected chi connectivity index (χ3v) is 2.64. The summed E-state index contributed by atoms with van der Waals surface area (Å²) in [6, 6.07) is 3.50. The first-order chi connectivity index (χ1) is 8.08. The van der Waals surface area contributed by atoms with E-state index >= 15 is 0 Å². The molecule has 0 bridgehead atoms. The third-order valence-electron chi connectivity index (χ3n) is 1.83. The minimum absolute atomic E-state index is 0.198. The molecule has 1 aromatic carbocycles. The van der Waals surface area contributed by atoms with E-state index in [1.807, 2.05) is 0 Å². The number of benzene rings is 1. The fraction of sp³-hybridized carbons (Fsp3) is 0.200. The molecule has 0 aliphatic heterocycles. The van der Waals surface area contributed by atoms with E-state index in [9.17, 15) is 4.79 Å². The van der Waals surface area contributed by atoms with Gasteiger partial charge < -0.3 is 21.1 Å². The van der Waals surface area contributed by atoms with Gasteiger partial charge in [-0.15, -0.1) is 0 Å². The number of halogens is 1. The number of nitrogens with two attached hydrogens (primary N) is 2. The summed E-state index contributed by atoms with van der Waals surface area (Å²) < 4.78 is 11.2. The van der Waals surface area contributed by atoms with Gasteiger partial charge in [-0.05, 0) is 40.3 Å². The lowest BCUT2D eigenvalue weighted by Gasteiger charge is -2.12. The van der Waals surface area contributed by atoms with Gasteiger partial charge in [0.15, 0.2) is 18.1 Å². The quantitative estimate of drug-likeness (QED) is 0.349. The van der Waals surface area contributed by atoms with Crippen LogP contribution in [0.15, 0.2) is 17.2 Å². The van der Waals surface area contributed by atoms with Crippen molar-refractivity contribution in [2.75, 3.05) is 13.7 Å². The summed E-state index contributed by atoms with van der Waals surface area (Å²) in [4.78, 5) is 10.7. The first-order valence-electron chi connectivity index (χ1n) is 4.60. The van der Waals surface area contributed by atoms with E-state index in [1.165, 1.54) is 13.3 Å². The van der Waals surface area contributed by atoms with Gasteiger partial charge in [-0.25, -0.2) is 0 Å². The van der Waals surface area contributed by atoms with Crippen molar-refractivity contribution in [1.82, 2.24) is 0 Å². The van der Waals surface area contributed by atoms with Crippen LogP contribution >= 0.6 is 22.6 Å². The number of amides is 1. The van der Waals surface area contributed by atoms with Crippen LogP contribution in [-0.4, -0.2) is 25.8 Å². The standard InChI is InChI=1S/C10H12IN3O3/c1-16-8-3-6(4-14-13)2-7(11)10(8)17-5-9(12)15/h2-4H,5,13H2,1H3,(H2,12,15). The Hall–Kier alpha value is -1.51. The molecular weight excluding hydrogens is 337 g/mol. The van der Waals surface area contributed by atoms with Gasteiger partial charge in [0.25, 0.3) is 5.91 Å². The van der Waals surface area contributed by atoms with Crippen LogP contribution in [-0.2, 0) is 4.79 Å². The molecule has 0 radical (unpaired) electrons. The number of hydrazone groups is 1. The van der Waals surface area contributed by atoms with Gasteiger partial charge in [0, 0.05) is 0 Å². The number of rotatable bonds is 5. The summed E-state index contributed by atoms with van der Waals surface area (Å²) in [7, 11) is 1.51.